The Morgan fingerprint density at radius 2 is 2.11 bits per heavy atom. The van der Waals surface area contributed by atoms with Gasteiger partial charge in [-0.1, -0.05) is 12.1 Å². The standard InChI is InChI=1S/C23H35N3O2/c1-3-24-22(26-16-23(9-10-23)20-6-7-20)25-13-19-5-4-17(2)12-21(19)28-15-18-8-11-27-14-18/h4-5,12,18,20H,3,6-11,13-16H2,1-2H3,(H2,24,25,26). The van der Waals surface area contributed by atoms with Crippen LogP contribution in [0.3, 0.4) is 0 Å². The van der Waals surface area contributed by atoms with Crippen LogP contribution in [-0.4, -0.2) is 38.9 Å². The number of aliphatic imine (C=N–C) groups is 1. The van der Waals surface area contributed by atoms with E-state index >= 15 is 0 Å². The first-order valence-corrected chi connectivity index (χ1v) is 11.0. The largest absolute Gasteiger partial charge is 0.493 e. The molecule has 5 nitrogen and oxygen atoms in total. The van der Waals surface area contributed by atoms with E-state index in [0.29, 0.717) is 17.9 Å². The number of hydrogen-bond donors (Lipinski definition) is 2. The summed E-state index contributed by atoms with van der Waals surface area (Å²) in [6.07, 6.45) is 6.70. The van der Waals surface area contributed by atoms with E-state index in [1.165, 1.54) is 31.2 Å². The van der Waals surface area contributed by atoms with E-state index in [1.807, 2.05) is 0 Å². The number of ether oxygens (including phenoxy) is 2. The molecule has 3 fully saturated rings. The van der Waals surface area contributed by atoms with Crippen LogP contribution in [0.15, 0.2) is 23.2 Å². The molecule has 2 saturated carbocycles. The van der Waals surface area contributed by atoms with E-state index in [4.69, 9.17) is 14.5 Å². The third-order valence-electron chi connectivity index (χ3n) is 6.42. The molecule has 1 aromatic rings. The van der Waals surface area contributed by atoms with Gasteiger partial charge in [0.1, 0.15) is 5.75 Å². The monoisotopic (exact) mass is 385 g/mol. The highest BCUT2D eigenvalue weighted by Gasteiger charge is 2.53. The van der Waals surface area contributed by atoms with Gasteiger partial charge in [0.05, 0.1) is 19.8 Å². The number of nitrogens with zero attached hydrogens (tertiary/aromatic N) is 1. The van der Waals surface area contributed by atoms with Crippen LogP contribution in [-0.2, 0) is 11.3 Å². The number of guanidine groups is 1. The van der Waals surface area contributed by atoms with Crippen LogP contribution in [0, 0.1) is 24.2 Å². The van der Waals surface area contributed by atoms with E-state index in [9.17, 15) is 0 Å². The Morgan fingerprint density at radius 1 is 1.25 bits per heavy atom. The maximum absolute atomic E-state index is 6.17. The molecule has 1 aliphatic heterocycles. The normalized spacial score (nSPS) is 23.5. The summed E-state index contributed by atoms with van der Waals surface area (Å²) in [6.45, 7) is 9.19. The molecular formula is C23H35N3O2. The van der Waals surface area contributed by atoms with Crippen LogP contribution in [0.1, 0.15) is 50.2 Å². The lowest BCUT2D eigenvalue weighted by atomic mass is 10.0. The van der Waals surface area contributed by atoms with Crippen molar-refractivity contribution in [1.29, 1.82) is 0 Å². The second kappa shape index (κ2) is 8.73. The minimum atomic E-state index is 0.507. The Balaban J connectivity index is 1.37. The summed E-state index contributed by atoms with van der Waals surface area (Å²) in [6, 6.07) is 6.42. The first-order valence-electron chi connectivity index (χ1n) is 11.0. The third-order valence-corrected chi connectivity index (χ3v) is 6.42. The molecule has 4 rings (SSSR count). The number of benzene rings is 1. The highest BCUT2D eigenvalue weighted by Crippen LogP contribution is 2.60. The third kappa shape index (κ3) is 4.99. The zero-order valence-corrected chi connectivity index (χ0v) is 17.4. The molecule has 154 valence electrons. The maximum atomic E-state index is 6.17. The molecule has 3 aliphatic rings. The molecule has 2 aliphatic carbocycles. The summed E-state index contributed by atoms with van der Waals surface area (Å²) in [7, 11) is 0. The van der Waals surface area contributed by atoms with Crippen LogP contribution in [0.25, 0.3) is 0 Å². The van der Waals surface area contributed by atoms with Gasteiger partial charge >= 0.3 is 0 Å². The Morgan fingerprint density at radius 3 is 2.79 bits per heavy atom. The van der Waals surface area contributed by atoms with E-state index in [0.717, 1.165) is 62.5 Å². The molecule has 28 heavy (non-hydrogen) atoms. The summed E-state index contributed by atoms with van der Waals surface area (Å²) in [4.78, 5) is 4.85. The average Bonchev–Trinajstić information content (AvgIpc) is 3.62. The van der Waals surface area contributed by atoms with Gasteiger partial charge in [0, 0.05) is 31.2 Å². The molecular weight excluding hydrogens is 350 g/mol. The molecule has 0 amide bonds. The van der Waals surface area contributed by atoms with Gasteiger partial charge in [0.25, 0.3) is 0 Å². The van der Waals surface area contributed by atoms with Crippen LogP contribution in [0.5, 0.6) is 5.75 Å². The molecule has 1 unspecified atom stereocenters. The zero-order valence-electron chi connectivity index (χ0n) is 17.4. The lowest BCUT2D eigenvalue weighted by Gasteiger charge is -2.18. The quantitative estimate of drug-likeness (QED) is 0.503. The molecule has 0 bridgehead atoms. The smallest absolute Gasteiger partial charge is 0.191 e. The van der Waals surface area contributed by atoms with Gasteiger partial charge in [0.15, 0.2) is 5.96 Å². The minimum Gasteiger partial charge on any atom is -0.493 e. The second-order valence-corrected chi connectivity index (χ2v) is 8.84. The first-order chi connectivity index (χ1) is 13.7. The Labute approximate surface area is 169 Å². The molecule has 1 atom stereocenters. The van der Waals surface area contributed by atoms with Gasteiger partial charge in [0.2, 0.25) is 0 Å². The second-order valence-electron chi connectivity index (χ2n) is 8.84. The average molecular weight is 386 g/mol. The molecule has 1 saturated heterocycles. The van der Waals surface area contributed by atoms with Gasteiger partial charge in [-0.25, -0.2) is 4.99 Å². The van der Waals surface area contributed by atoms with Crippen LogP contribution in [0.4, 0.5) is 0 Å². The van der Waals surface area contributed by atoms with Crippen molar-refractivity contribution in [2.24, 2.45) is 22.2 Å². The van der Waals surface area contributed by atoms with E-state index in [-0.39, 0.29) is 0 Å². The van der Waals surface area contributed by atoms with Gasteiger partial charge in [-0.2, -0.15) is 0 Å². The Kier molecular flexibility index (Phi) is 6.10. The molecule has 5 heteroatoms. The van der Waals surface area contributed by atoms with Crippen LogP contribution in [0.2, 0.25) is 0 Å². The van der Waals surface area contributed by atoms with Crippen molar-refractivity contribution in [2.45, 2.75) is 52.5 Å². The zero-order chi connectivity index (χ0) is 19.4. The molecule has 1 heterocycles. The fourth-order valence-corrected chi connectivity index (χ4v) is 4.20. The van der Waals surface area contributed by atoms with Crippen molar-refractivity contribution >= 4 is 5.96 Å². The SMILES string of the molecule is CCNC(=NCc1ccc(C)cc1OCC1CCOC1)NCC1(C2CC2)CC1. The molecule has 2 N–H and O–H groups in total. The van der Waals surface area contributed by atoms with Crippen molar-refractivity contribution in [3.05, 3.63) is 29.3 Å². The molecule has 0 radical (unpaired) electrons. The van der Waals surface area contributed by atoms with Gasteiger partial charge < -0.3 is 20.1 Å². The summed E-state index contributed by atoms with van der Waals surface area (Å²) in [5.74, 6) is 3.35. The summed E-state index contributed by atoms with van der Waals surface area (Å²) < 4.78 is 11.6. The van der Waals surface area contributed by atoms with Gasteiger partial charge in [-0.15, -0.1) is 0 Å². The lowest BCUT2D eigenvalue weighted by Crippen LogP contribution is -2.40. The fraction of sp³-hybridized carbons (Fsp3) is 0.696. The summed E-state index contributed by atoms with van der Waals surface area (Å²) in [5.41, 5.74) is 2.93. The van der Waals surface area contributed by atoms with E-state index < -0.39 is 0 Å². The number of rotatable bonds is 9. The van der Waals surface area contributed by atoms with E-state index in [1.54, 1.807) is 0 Å². The molecule has 0 aromatic heterocycles. The van der Waals surface area contributed by atoms with Crippen molar-refractivity contribution in [3.8, 4) is 5.75 Å². The predicted molar refractivity (Wildman–Crippen MR) is 113 cm³/mol. The van der Waals surface area contributed by atoms with Gasteiger partial charge in [-0.05, 0) is 68.9 Å². The van der Waals surface area contributed by atoms with E-state index in [2.05, 4.69) is 42.7 Å². The molecule has 1 aromatic carbocycles. The Hall–Kier alpha value is -1.75. The van der Waals surface area contributed by atoms with Crippen LogP contribution >= 0.6 is 0 Å². The maximum Gasteiger partial charge on any atom is 0.191 e. The fourth-order valence-electron chi connectivity index (χ4n) is 4.20. The lowest BCUT2D eigenvalue weighted by molar-refractivity contribution is 0.166. The van der Waals surface area contributed by atoms with Crippen molar-refractivity contribution < 1.29 is 9.47 Å². The van der Waals surface area contributed by atoms with Crippen molar-refractivity contribution in [3.63, 3.8) is 0 Å². The highest BCUT2D eigenvalue weighted by molar-refractivity contribution is 5.79. The van der Waals surface area contributed by atoms with Crippen molar-refractivity contribution in [1.82, 2.24) is 10.6 Å². The predicted octanol–water partition coefficient (Wildman–Crippen LogP) is 3.66. The summed E-state index contributed by atoms with van der Waals surface area (Å²) in [5, 5.41) is 7.01. The number of nitrogens with one attached hydrogen (secondary N) is 2. The number of aryl methyl sites for hydroxylation is 1. The molecule has 0 spiro atoms. The Bertz CT molecular complexity index is 689. The summed E-state index contributed by atoms with van der Waals surface area (Å²) >= 11 is 0. The highest BCUT2D eigenvalue weighted by atomic mass is 16.5. The minimum absolute atomic E-state index is 0.507. The van der Waals surface area contributed by atoms with Crippen LogP contribution < -0.4 is 15.4 Å². The first kappa shape index (κ1) is 19.6. The van der Waals surface area contributed by atoms with Crippen molar-refractivity contribution in [2.75, 3.05) is 32.9 Å². The topological polar surface area (TPSA) is 54.9 Å². The number of hydrogen-bond acceptors (Lipinski definition) is 3. The van der Waals surface area contributed by atoms with Gasteiger partial charge in [-0.3, -0.25) is 0 Å².